The van der Waals surface area contributed by atoms with Gasteiger partial charge in [0.15, 0.2) is 11.5 Å². The van der Waals surface area contributed by atoms with Gasteiger partial charge in [0.2, 0.25) is 5.91 Å². The Morgan fingerprint density at radius 2 is 1.74 bits per heavy atom. The molecule has 2 aliphatic rings. The molecule has 2 N–H and O–H groups in total. The molecule has 34 heavy (non-hydrogen) atoms. The van der Waals surface area contributed by atoms with Crippen molar-refractivity contribution >= 4 is 38.9 Å². The molecule has 0 spiro atoms. The van der Waals surface area contributed by atoms with E-state index in [-0.39, 0.29) is 28.5 Å². The number of benzene rings is 3. The third kappa shape index (κ3) is 4.03. The van der Waals surface area contributed by atoms with Crippen molar-refractivity contribution in [3.63, 3.8) is 0 Å². The Labute approximate surface area is 196 Å². The lowest BCUT2D eigenvalue weighted by Gasteiger charge is -2.19. The van der Waals surface area contributed by atoms with Gasteiger partial charge in [-0.1, -0.05) is 12.1 Å². The van der Waals surface area contributed by atoms with E-state index in [1.54, 1.807) is 43.4 Å². The summed E-state index contributed by atoms with van der Waals surface area (Å²) in [6.45, 7) is 0.881. The van der Waals surface area contributed by atoms with Gasteiger partial charge in [0.25, 0.3) is 15.9 Å². The number of sulfonamides is 1. The topological polar surface area (TPSA) is 114 Å². The summed E-state index contributed by atoms with van der Waals surface area (Å²) in [6, 6.07) is 15.9. The number of fused-ring (bicyclic) bond motifs is 2. The van der Waals surface area contributed by atoms with Gasteiger partial charge in [-0.3, -0.25) is 14.3 Å². The summed E-state index contributed by atoms with van der Waals surface area (Å²) in [5, 5.41) is 2.77. The molecule has 2 aliphatic heterocycles. The van der Waals surface area contributed by atoms with Gasteiger partial charge in [-0.2, -0.15) is 0 Å². The van der Waals surface area contributed by atoms with Gasteiger partial charge in [-0.15, -0.1) is 0 Å². The smallest absolute Gasteiger partial charge is 0.261 e. The number of nitrogens with zero attached hydrogens (tertiary/aromatic N) is 1. The first-order chi connectivity index (χ1) is 16.3. The van der Waals surface area contributed by atoms with Crippen LogP contribution in [0.1, 0.15) is 15.9 Å². The molecule has 0 saturated heterocycles. The van der Waals surface area contributed by atoms with E-state index in [0.29, 0.717) is 41.7 Å². The van der Waals surface area contributed by atoms with Gasteiger partial charge < -0.3 is 19.7 Å². The highest BCUT2D eigenvalue weighted by Gasteiger charge is 2.27. The summed E-state index contributed by atoms with van der Waals surface area (Å²) in [6.07, 6.45) is 0.143. The summed E-state index contributed by atoms with van der Waals surface area (Å²) in [5.41, 5.74) is 2.09. The predicted octanol–water partition coefficient (Wildman–Crippen LogP) is 3.03. The van der Waals surface area contributed by atoms with E-state index < -0.39 is 15.9 Å². The van der Waals surface area contributed by atoms with E-state index >= 15 is 0 Å². The fraction of sp³-hybridized carbons (Fsp3) is 0.167. The molecule has 0 radical (unpaired) electrons. The van der Waals surface area contributed by atoms with Gasteiger partial charge in [0.05, 0.1) is 22.6 Å². The molecule has 0 atom stereocenters. The zero-order valence-corrected chi connectivity index (χ0v) is 19.0. The number of nitrogens with one attached hydrogen (secondary N) is 2. The van der Waals surface area contributed by atoms with Crippen LogP contribution in [0.3, 0.4) is 0 Å². The number of carbonyl (C=O) groups is 2. The van der Waals surface area contributed by atoms with Crippen molar-refractivity contribution in [2.45, 2.75) is 11.3 Å². The molecule has 5 rings (SSSR count). The average Bonchev–Trinajstić information content (AvgIpc) is 3.12. The molecule has 9 nitrogen and oxygen atoms in total. The highest BCUT2D eigenvalue weighted by molar-refractivity contribution is 7.92. The van der Waals surface area contributed by atoms with Crippen molar-refractivity contribution in [1.82, 2.24) is 0 Å². The zero-order chi connectivity index (χ0) is 23.9. The predicted molar refractivity (Wildman–Crippen MR) is 126 cm³/mol. The van der Waals surface area contributed by atoms with Crippen LogP contribution in [0.15, 0.2) is 65.6 Å². The highest BCUT2D eigenvalue weighted by Crippen LogP contribution is 2.33. The number of hydrogen-bond acceptors (Lipinski definition) is 6. The Hall–Kier alpha value is -4.05. The number of amides is 2. The lowest BCUT2D eigenvalue weighted by Crippen LogP contribution is -2.20. The van der Waals surface area contributed by atoms with Gasteiger partial charge in [0.1, 0.15) is 13.2 Å². The first-order valence-electron chi connectivity index (χ1n) is 10.5. The molecule has 3 aromatic rings. The lowest BCUT2D eigenvalue weighted by molar-refractivity contribution is -0.117. The maximum absolute atomic E-state index is 13.1. The van der Waals surface area contributed by atoms with Crippen molar-refractivity contribution in [2.24, 2.45) is 0 Å². The van der Waals surface area contributed by atoms with Crippen LogP contribution in [-0.2, 0) is 21.2 Å². The van der Waals surface area contributed by atoms with Crippen LogP contribution in [0.25, 0.3) is 0 Å². The maximum atomic E-state index is 13.1. The summed E-state index contributed by atoms with van der Waals surface area (Å²) in [5.74, 6) is 0.535. The summed E-state index contributed by atoms with van der Waals surface area (Å²) >= 11 is 0. The first-order valence-corrected chi connectivity index (χ1v) is 12.0. The second-order valence-electron chi connectivity index (χ2n) is 7.88. The van der Waals surface area contributed by atoms with E-state index in [9.17, 15) is 18.0 Å². The van der Waals surface area contributed by atoms with Crippen LogP contribution in [0.5, 0.6) is 11.5 Å². The molecule has 174 valence electrons. The Morgan fingerprint density at radius 3 is 2.56 bits per heavy atom. The number of anilines is 3. The zero-order valence-electron chi connectivity index (χ0n) is 18.2. The van der Waals surface area contributed by atoms with E-state index in [1.165, 1.54) is 29.2 Å². The molecule has 0 saturated carbocycles. The molecular formula is C24H21N3O6S. The van der Waals surface area contributed by atoms with Gasteiger partial charge in [-0.25, -0.2) is 8.42 Å². The molecule has 10 heteroatoms. The standard InChI is InChI=1S/C24H21N3O6S/c1-27-20-8-7-17(12-15(20)13-23(27)28)34(30,31)26-19-5-3-2-4-18(19)24(29)25-16-6-9-21-22(14-16)33-11-10-32-21/h2-9,12,14,26H,10-11,13H2,1H3,(H,25,29). The summed E-state index contributed by atoms with van der Waals surface area (Å²) < 4.78 is 39.7. The van der Waals surface area contributed by atoms with Crippen LogP contribution in [0.4, 0.5) is 17.1 Å². The van der Waals surface area contributed by atoms with Crippen molar-refractivity contribution in [1.29, 1.82) is 0 Å². The largest absolute Gasteiger partial charge is 0.486 e. The number of rotatable bonds is 5. The molecular weight excluding hydrogens is 458 g/mol. The van der Waals surface area contributed by atoms with Crippen molar-refractivity contribution < 1.29 is 27.5 Å². The summed E-state index contributed by atoms with van der Waals surface area (Å²) in [4.78, 5) is 26.4. The minimum absolute atomic E-state index is 0.0106. The van der Waals surface area contributed by atoms with Gasteiger partial charge >= 0.3 is 0 Å². The van der Waals surface area contributed by atoms with E-state index in [0.717, 1.165) is 0 Å². The SMILES string of the molecule is CN1C(=O)Cc2cc(S(=O)(=O)Nc3ccccc3C(=O)Nc3ccc4c(c3)OCCO4)ccc21. The molecule has 3 aromatic carbocycles. The Morgan fingerprint density at radius 1 is 0.971 bits per heavy atom. The van der Waals surface area contributed by atoms with Crippen LogP contribution < -0.4 is 24.4 Å². The van der Waals surface area contributed by atoms with Gasteiger partial charge in [0, 0.05) is 24.5 Å². The maximum Gasteiger partial charge on any atom is 0.261 e. The number of carbonyl (C=O) groups excluding carboxylic acids is 2. The Kier molecular flexibility index (Phi) is 5.37. The number of ether oxygens (including phenoxy) is 2. The number of hydrogen-bond donors (Lipinski definition) is 2. The van der Waals surface area contributed by atoms with Crippen molar-refractivity contribution in [3.8, 4) is 11.5 Å². The monoisotopic (exact) mass is 479 g/mol. The minimum Gasteiger partial charge on any atom is -0.486 e. The third-order valence-corrected chi connectivity index (χ3v) is 7.02. The van der Waals surface area contributed by atoms with Gasteiger partial charge in [-0.05, 0) is 48.0 Å². The molecule has 0 bridgehead atoms. The lowest BCUT2D eigenvalue weighted by atomic mass is 10.1. The molecule has 0 aliphatic carbocycles. The van der Waals surface area contributed by atoms with Crippen LogP contribution in [-0.4, -0.2) is 40.5 Å². The molecule has 2 amide bonds. The highest BCUT2D eigenvalue weighted by atomic mass is 32.2. The minimum atomic E-state index is -4.01. The Bertz CT molecular complexity index is 1420. The second kappa shape index (κ2) is 8.38. The number of para-hydroxylation sites is 1. The molecule has 0 aromatic heterocycles. The van der Waals surface area contributed by atoms with Crippen LogP contribution >= 0.6 is 0 Å². The van der Waals surface area contributed by atoms with E-state index in [4.69, 9.17) is 9.47 Å². The average molecular weight is 480 g/mol. The molecule has 2 heterocycles. The van der Waals surface area contributed by atoms with Crippen LogP contribution in [0, 0.1) is 0 Å². The second-order valence-corrected chi connectivity index (χ2v) is 9.57. The van der Waals surface area contributed by atoms with Crippen LogP contribution in [0.2, 0.25) is 0 Å². The first kappa shape index (κ1) is 21.8. The fourth-order valence-electron chi connectivity index (χ4n) is 3.91. The van der Waals surface area contributed by atoms with Crippen molar-refractivity contribution in [3.05, 3.63) is 71.8 Å². The number of likely N-dealkylation sites (N-methyl/N-ethyl adjacent to an activating group) is 1. The van der Waals surface area contributed by atoms with E-state index in [2.05, 4.69) is 10.0 Å². The molecule has 0 fully saturated rings. The summed E-state index contributed by atoms with van der Waals surface area (Å²) in [7, 11) is -2.36. The molecule has 0 unspecified atom stereocenters. The van der Waals surface area contributed by atoms with E-state index in [1.807, 2.05) is 0 Å². The van der Waals surface area contributed by atoms with Crippen molar-refractivity contribution in [2.75, 3.05) is 35.2 Å². The Balaban J connectivity index is 1.38. The third-order valence-electron chi connectivity index (χ3n) is 5.65. The fourth-order valence-corrected chi connectivity index (χ4v) is 5.04. The normalized spacial score (nSPS) is 14.5. The quantitative estimate of drug-likeness (QED) is 0.582.